The number of aromatic nitrogens is 3. The summed E-state index contributed by atoms with van der Waals surface area (Å²) in [5.41, 5.74) is 0.632. The van der Waals surface area contributed by atoms with Crippen molar-refractivity contribution in [3.05, 3.63) is 46.7 Å². The highest BCUT2D eigenvalue weighted by Crippen LogP contribution is 2.34. The molecule has 170 valence electrons. The number of halogens is 4. The molecule has 2 N–H and O–H groups in total. The quantitative estimate of drug-likeness (QED) is 0.554. The fourth-order valence-electron chi connectivity index (χ4n) is 3.61. The third-order valence-electron chi connectivity index (χ3n) is 5.32. The van der Waals surface area contributed by atoms with Crippen molar-refractivity contribution in [1.82, 2.24) is 14.8 Å². The number of nitrogens with zero attached hydrogens (tertiary/aromatic N) is 3. The first-order chi connectivity index (χ1) is 15.3. The second kappa shape index (κ2) is 8.95. The number of aryl methyl sites for hydroxylation is 1. The molecule has 4 rings (SSSR count). The van der Waals surface area contributed by atoms with Gasteiger partial charge >= 0.3 is 6.18 Å². The molecule has 1 aliphatic heterocycles. The van der Waals surface area contributed by atoms with Crippen LogP contribution in [0.2, 0.25) is 5.02 Å². The van der Waals surface area contributed by atoms with Gasteiger partial charge in [-0.1, -0.05) is 11.6 Å². The molecule has 2 aromatic heterocycles. The van der Waals surface area contributed by atoms with Gasteiger partial charge in [0.2, 0.25) is 0 Å². The second-order valence-electron chi connectivity index (χ2n) is 7.42. The van der Waals surface area contributed by atoms with Gasteiger partial charge < -0.3 is 15.4 Å². The summed E-state index contributed by atoms with van der Waals surface area (Å²) in [5, 5.41) is 10.8. The monoisotopic (exact) mass is 467 g/mol. The Morgan fingerprint density at radius 3 is 2.69 bits per heavy atom. The van der Waals surface area contributed by atoms with Gasteiger partial charge in [-0.2, -0.15) is 18.3 Å². The molecule has 1 saturated heterocycles. The van der Waals surface area contributed by atoms with E-state index in [1.54, 1.807) is 10.9 Å². The zero-order valence-electron chi connectivity index (χ0n) is 17.2. The summed E-state index contributed by atoms with van der Waals surface area (Å²) in [7, 11) is 0. The molecule has 11 heteroatoms. The Hall–Kier alpha value is -2.85. The van der Waals surface area contributed by atoms with Gasteiger partial charge in [-0.25, -0.2) is 9.67 Å². The molecule has 0 radical (unpaired) electrons. The molecule has 0 bridgehead atoms. The van der Waals surface area contributed by atoms with E-state index in [0.717, 1.165) is 31.0 Å². The van der Waals surface area contributed by atoms with Crippen molar-refractivity contribution in [2.24, 2.45) is 0 Å². The smallest absolute Gasteiger partial charge is 0.381 e. The third kappa shape index (κ3) is 4.51. The van der Waals surface area contributed by atoms with E-state index in [-0.39, 0.29) is 22.3 Å². The van der Waals surface area contributed by atoms with Gasteiger partial charge in [-0.05, 0) is 38.0 Å². The summed E-state index contributed by atoms with van der Waals surface area (Å²) >= 11 is 6.01. The van der Waals surface area contributed by atoms with Crippen LogP contribution in [-0.2, 0) is 17.5 Å². The van der Waals surface area contributed by atoms with Gasteiger partial charge in [0.25, 0.3) is 5.91 Å². The maximum Gasteiger partial charge on any atom is 0.416 e. The van der Waals surface area contributed by atoms with Crippen LogP contribution in [0.3, 0.4) is 0 Å². The molecule has 1 fully saturated rings. The number of fused-ring (bicyclic) bond motifs is 1. The normalized spacial score (nSPS) is 15.2. The Morgan fingerprint density at radius 2 is 2.03 bits per heavy atom. The van der Waals surface area contributed by atoms with Crippen LogP contribution in [0.5, 0.6) is 0 Å². The van der Waals surface area contributed by atoms with Gasteiger partial charge in [-0.3, -0.25) is 4.79 Å². The van der Waals surface area contributed by atoms with Crippen molar-refractivity contribution in [3.8, 4) is 0 Å². The average molecular weight is 468 g/mol. The van der Waals surface area contributed by atoms with Crippen LogP contribution in [-0.4, -0.2) is 39.9 Å². The molecular weight excluding hydrogens is 447 g/mol. The van der Waals surface area contributed by atoms with Crippen molar-refractivity contribution >= 4 is 39.9 Å². The first-order valence-electron chi connectivity index (χ1n) is 10.1. The number of anilines is 2. The van der Waals surface area contributed by atoms with E-state index < -0.39 is 17.6 Å². The van der Waals surface area contributed by atoms with Crippen molar-refractivity contribution < 1.29 is 22.7 Å². The summed E-state index contributed by atoms with van der Waals surface area (Å²) in [6.45, 7) is 3.78. The van der Waals surface area contributed by atoms with Crippen molar-refractivity contribution in [2.75, 3.05) is 23.8 Å². The highest BCUT2D eigenvalue weighted by atomic mass is 35.5. The lowest BCUT2D eigenvalue weighted by molar-refractivity contribution is -0.137. The molecule has 3 heterocycles. The summed E-state index contributed by atoms with van der Waals surface area (Å²) in [5.74, 6) is -0.542. The predicted molar refractivity (Wildman–Crippen MR) is 115 cm³/mol. The summed E-state index contributed by atoms with van der Waals surface area (Å²) < 4.78 is 45.8. The number of rotatable bonds is 5. The third-order valence-corrected chi connectivity index (χ3v) is 5.64. The largest absolute Gasteiger partial charge is 0.416 e. The van der Waals surface area contributed by atoms with E-state index in [4.69, 9.17) is 16.3 Å². The lowest BCUT2D eigenvalue weighted by Crippen LogP contribution is -2.29. The maximum absolute atomic E-state index is 13.1. The van der Waals surface area contributed by atoms with E-state index in [1.165, 1.54) is 6.20 Å². The molecule has 3 aromatic rings. The van der Waals surface area contributed by atoms with E-state index in [1.807, 2.05) is 6.92 Å². The Kier molecular flexibility index (Phi) is 6.25. The van der Waals surface area contributed by atoms with Gasteiger partial charge in [-0.15, -0.1) is 0 Å². The fourth-order valence-corrected chi connectivity index (χ4v) is 3.84. The van der Waals surface area contributed by atoms with Crippen molar-refractivity contribution in [3.63, 3.8) is 0 Å². The summed E-state index contributed by atoms with van der Waals surface area (Å²) in [6, 6.07) is 2.89. The van der Waals surface area contributed by atoms with Gasteiger partial charge in [0.15, 0.2) is 5.65 Å². The first kappa shape index (κ1) is 22.3. The SMILES string of the molecule is CCn1ncc2c(NC3CCOCC3)c(C(=O)Nc3ccc(C(F)(F)F)cc3Cl)cnc21. The van der Waals surface area contributed by atoms with Gasteiger partial charge in [0.05, 0.1) is 39.1 Å². The molecule has 32 heavy (non-hydrogen) atoms. The number of ether oxygens (including phenoxy) is 1. The average Bonchev–Trinajstić information content (AvgIpc) is 3.19. The Bertz CT molecular complexity index is 1140. The number of benzene rings is 1. The molecule has 1 aliphatic rings. The number of nitrogens with one attached hydrogen (secondary N) is 2. The highest BCUT2D eigenvalue weighted by Gasteiger charge is 2.31. The lowest BCUT2D eigenvalue weighted by atomic mass is 10.1. The minimum absolute atomic E-state index is 0.0750. The highest BCUT2D eigenvalue weighted by molar-refractivity contribution is 6.34. The van der Waals surface area contributed by atoms with Crippen LogP contribution in [0, 0.1) is 0 Å². The summed E-state index contributed by atoms with van der Waals surface area (Å²) in [6.07, 6.45) is 0.108. The van der Waals surface area contributed by atoms with E-state index in [9.17, 15) is 18.0 Å². The number of pyridine rings is 1. The number of alkyl halides is 3. The molecular formula is C21H21ClF3N5O2. The minimum Gasteiger partial charge on any atom is -0.381 e. The Balaban J connectivity index is 1.68. The molecule has 0 aliphatic carbocycles. The zero-order chi connectivity index (χ0) is 22.9. The number of carbonyl (C=O) groups excluding carboxylic acids is 1. The first-order valence-corrected chi connectivity index (χ1v) is 10.5. The maximum atomic E-state index is 13.1. The van der Waals surface area contributed by atoms with E-state index >= 15 is 0 Å². The molecule has 0 saturated carbocycles. The molecule has 1 aromatic carbocycles. The zero-order valence-corrected chi connectivity index (χ0v) is 17.9. The predicted octanol–water partition coefficient (Wildman–Crippen LogP) is 4.97. The number of carbonyl (C=O) groups is 1. The van der Waals surface area contributed by atoms with Crippen LogP contribution in [0.4, 0.5) is 24.5 Å². The van der Waals surface area contributed by atoms with Crippen LogP contribution in [0.15, 0.2) is 30.6 Å². The van der Waals surface area contributed by atoms with Crippen LogP contribution < -0.4 is 10.6 Å². The second-order valence-corrected chi connectivity index (χ2v) is 7.83. The molecule has 0 spiro atoms. The van der Waals surface area contributed by atoms with Crippen molar-refractivity contribution in [1.29, 1.82) is 0 Å². The van der Waals surface area contributed by atoms with Gasteiger partial charge in [0, 0.05) is 32.0 Å². The molecule has 7 nitrogen and oxygen atoms in total. The minimum atomic E-state index is -4.53. The fraction of sp³-hybridized carbons (Fsp3) is 0.381. The van der Waals surface area contributed by atoms with Crippen molar-refractivity contribution in [2.45, 2.75) is 38.5 Å². The lowest BCUT2D eigenvalue weighted by Gasteiger charge is -2.25. The molecule has 1 amide bonds. The van der Waals surface area contributed by atoms with Gasteiger partial charge in [0.1, 0.15) is 0 Å². The van der Waals surface area contributed by atoms with Crippen LogP contribution in [0.25, 0.3) is 11.0 Å². The topological polar surface area (TPSA) is 81.1 Å². The van der Waals surface area contributed by atoms with E-state index in [0.29, 0.717) is 36.5 Å². The number of amides is 1. The number of hydrogen-bond donors (Lipinski definition) is 2. The Labute approximate surface area is 186 Å². The van der Waals surface area contributed by atoms with Crippen LogP contribution >= 0.6 is 11.6 Å². The molecule has 0 atom stereocenters. The van der Waals surface area contributed by atoms with E-state index in [2.05, 4.69) is 20.7 Å². The molecule has 0 unspecified atom stereocenters. The summed E-state index contributed by atoms with van der Waals surface area (Å²) in [4.78, 5) is 17.5. The van der Waals surface area contributed by atoms with Crippen LogP contribution in [0.1, 0.15) is 35.7 Å². The Morgan fingerprint density at radius 1 is 1.28 bits per heavy atom. The standard InChI is InChI=1S/C21H21ClF3N5O2/c1-2-30-19-14(11-27-30)18(28-13-5-7-32-8-6-13)15(10-26-19)20(31)29-17-4-3-12(9-16(17)22)21(23,24)25/h3-4,9-11,13H,2,5-8H2,1H3,(H,26,28)(H,29,31). The number of hydrogen-bond acceptors (Lipinski definition) is 5.